The van der Waals surface area contributed by atoms with Gasteiger partial charge in [-0.3, -0.25) is 0 Å². The maximum Gasteiger partial charge on any atom is 0.124 e. The summed E-state index contributed by atoms with van der Waals surface area (Å²) in [5, 5.41) is 0. The number of hydrogen-bond donors (Lipinski definition) is 1. The Balaban J connectivity index is 1.63. The standard InChI is InChI=1S/C17H24N2O/c1-12-4-5-16-14(9-12)15(18)11-17(20-16)6-8-19-7-2-3-13(19)10-17/h4-5,9,13,15H,2-3,6-8,10-11,18H2,1H3. The fourth-order valence-corrected chi connectivity index (χ4v) is 4.41. The third kappa shape index (κ3) is 1.95. The highest BCUT2D eigenvalue weighted by Crippen LogP contribution is 2.46. The summed E-state index contributed by atoms with van der Waals surface area (Å²) in [5.74, 6) is 1.03. The van der Waals surface area contributed by atoms with Gasteiger partial charge >= 0.3 is 0 Å². The molecule has 1 spiro atoms. The maximum absolute atomic E-state index is 6.49. The molecule has 3 nitrogen and oxygen atoms in total. The first-order valence-corrected chi connectivity index (χ1v) is 7.94. The van der Waals surface area contributed by atoms with Gasteiger partial charge < -0.3 is 15.4 Å². The highest BCUT2D eigenvalue weighted by molar-refractivity contribution is 5.41. The van der Waals surface area contributed by atoms with Crippen LogP contribution >= 0.6 is 0 Å². The average molecular weight is 272 g/mol. The lowest BCUT2D eigenvalue weighted by atomic mass is 9.78. The van der Waals surface area contributed by atoms with E-state index in [-0.39, 0.29) is 11.6 Å². The van der Waals surface area contributed by atoms with Crippen LogP contribution < -0.4 is 10.5 Å². The first-order valence-electron chi connectivity index (χ1n) is 7.94. The van der Waals surface area contributed by atoms with Crippen LogP contribution in [0.25, 0.3) is 0 Å². The largest absolute Gasteiger partial charge is 0.487 e. The summed E-state index contributed by atoms with van der Waals surface area (Å²) in [5.41, 5.74) is 8.92. The second kappa shape index (κ2) is 4.47. The van der Waals surface area contributed by atoms with Gasteiger partial charge in [0.05, 0.1) is 0 Å². The molecular weight excluding hydrogens is 248 g/mol. The summed E-state index contributed by atoms with van der Waals surface area (Å²) in [7, 11) is 0. The predicted molar refractivity (Wildman–Crippen MR) is 79.9 cm³/mol. The van der Waals surface area contributed by atoms with E-state index < -0.39 is 0 Å². The van der Waals surface area contributed by atoms with Crippen molar-refractivity contribution in [3.8, 4) is 5.75 Å². The van der Waals surface area contributed by atoms with E-state index in [0.29, 0.717) is 0 Å². The van der Waals surface area contributed by atoms with Crippen molar-refractivity contribution in [1.29, 1.82) is 0 Å². The Morgan fingerprint density at radius 1 is 1.30 bits per heavy atom. The molecule has 0 amide bonds. The Hall–Kier alpha value is -1.06. The highest BCUT2D eigenvalue weighted by Gasteiger charge is 2.46. The van der Waals surface area contributed by atoms with Crippen molar-refractivity contribution in [2.45, 2.75) is 56.7 Å². The smallest absolute Gasteiger partial charge is 0.124 e. The number of piperidine rings is 1. The SMILES string of the molecule is Cc1ccc2c(c1)C(N)CC1(CCN3CCCC3C1)O2. The van der Waals surface area contributed by atoms with E-state index in [1.54, 1.807) is 0 Å². The molecule has 0 radical (unpaired) electrons. The fourth-order valence-electron chi connectivity index (χ4n) is 4.41. The van der Waals surface area contributed by atoms with Crippen LogP contribution in [0.1, 0.15) is 49.3 Å². The Morgan fingerprint density at radius 2 is 2.20 bits per heavy atom. The molecule has 3 heteroatoms. The summed E-state index contributed by atoms with van der Waals surface area (Å²) in [4.78, 5) is 2.64. The van der Waals surface area contributed by atoms with Gasteiger partial charge in [0, 0.05) is 37.0 Å². The molecule has 0 aromatic heterocycles. The van der Waals surface area contributed by atoms with Crippen LogP contribution in [0.3, 0.4) is 0 Å². The molecule has 3 atom stereocenters. The van der Waals surface area contributed by atoms with Crippen LogP contribution in [0, 0.1) is 6.92 Å². The lowest BCUT2D eigenvalue weighted by Gasteiger charge is -2.48. The molecule has 4 rings (SSSR count). The van der Waals surface area contributed by atoms with Crippen molar-refractivity contribution < 1.29 is 4.74 Å². The summed E-state index contributed by atoms with van der Waals surface area (Å²) in [6.45, 7) is 4.58. The Morgan fingerprint density at radius 3 is 3.10 bits per heavy atom. The number of benzene rings is 1. The molecule has 1 aromatic carbocycles. The van der Waals surface area contributed by atoms with Crippen molar-refractivity contribution in [3.63, 3.8) is 0 Å². The van der Waals surface area contributed by atoms with Gasteiger partial charge in [-0.15, -0.1) is 0 Å². The third-order valence-corrected chi connectivity index (χ3v) is 5.44. The summed E-state index contributed by atoms with van der Waals surface area (Å²) in [6, 6.07) is 7.30. The van der Waals surface area contributed by atoms with E-state index >= 15 is 0 Å². The molecule has 1 aromatic rings. The van der Waals surface area contributed by atoms with Crippen LogP contribution in [0.5, 0.6) is 5.75 Å². The Bertz CT molecular complexity index is 530. The monoisotopic (exact) mass is 272 g/mol. The minimum Gasteiger partial charge on any atom is -0.487 e. The molecule has 20 heavy (non-hydrogen) atoms. The van der Waals surface area contributed by atoms with E-state index in [4.69, 9.17) is 10.5 Å². The van der Waals surface area contributed by atoms with Gasteiger partial charge in [0.25, 0.3) is 0 Å². The van der Waals surface area contributed by atoms with Gasteiger partial charge in [-0.1, -0.05) is 17.7 Å². The molecule has 3 aliphatic heterocycles. The predicted octanol–water partition coefficient (Wildman–Crippen LogP) is 2.77. The average Bonchev–Trinajstić information content (AvgIpc) is 2.87. The second-order valence-corrected chi connectivity index (χ2v) is 6.92. The van der Waals surface area contributed by atoms with Crippen molar-refractivity contribution in [1.82, 2.24) is 4.90 Å². The number of nitrogens with two attached hydrogens (primary N) is 1. The van der Waals surface area contributed by atoms with E-state index in [2.05, 4.69) is 30.0 Å². The molecule has 3 aliphatic rings. The summed E-state index contributed by atoms with van der Waals surface area (Å²) >= 11 is 0. The zero-order valence-corrected chi connectivity index (χ0v) is 12.3. The number of ether oxygens (including phenoxy) is 1. The van der Waals surface area contributed by atoms with Crippen molar-refractivity contribution in [2.75, 3.05) is 13.1 Å². The number of rotatable bonds is 0. The molecule has 0 aliphatic carbocycles. The summed E-state index contributed by atoms with van der Waals surface area (Å²) in [6.07, 6.45) is 5.95. The van der Waals surface area contributed by atoms with Crippen LogP contribution in [-0.2, 0) is 0 Å². The molecular formula is C17H24N2O. The quantitative estimate of drug-likeness (QED) is 0.789. The number of aryl methyl sites for hydroxylation is 1. The van der Waals surface area contributed by atoms with Crippen LogP contribution in [0.2, 0.25) is 0 Å². The van der Waals surface area contributed by atoms with Gasteiger partial charge in [0.2, 0.25) is 0 Å². The van der Waals surface area contributed by atoms with Crippen molar-refractivity contribution in [3.05, 3.63) is 29.3 Å². The maximum atomic E-state index is 6.49. The van der Waals surface area contributed by atoms with Crippen molar-refractivity contribution >= 4 is 0 Å². The van der Waals surface area contributed by atoms with Crippen LogP contribution in [-0.4, -0.2) is 29.6 Å². The second-order valence-electron chi connectivity index (χ2n) is 6.92. The number of hydrogen-bond acceptors (Lipinski definition) is 3. The lowest BCUT2D eigenvalue weighted by Crippen LogP contribution is -2.53. The Kier molecular flexibility index (Phi) is 2.83. The molecule has 2 saturated heterocycles. The van der Waals surface area contributed by atoms with E-state index in [9.17, 15) is 0 Å². The minimum absolute atomic E-state index is 0.00676. The van der Waals surface area contributed by atoms with Gasteiger partial charge in [-0.05, 0) is 38.8 Å². The first kappa shape index (κ1) is 12.7. The number of nitrogens with zero attached hydrogens (tertiary/aromatic N) is 1. The first-order chi connectivity index (χ1) is 9.65. The minimum atomic E-state index is -0.00676. The van der Waals surface area contributed by atoms with Crippen LogP contribution in [0.15, 0.2) is 18.2 Å². The molecule has 2 fully saturated rings. The number of fused-ring (bicyclic) bond motifs is 2. The molecule has 108 valence electrons. The highest BCUT2D eigenvalue weighted by atomic mass is 16.5. The Labute approximate surface area is 121 Å². The topological polar surface area (TPSA) is 38.5 Å². The van der Waals surface area contributed by atoms with E-state index in [0.717, 1.165) is 31.1 Å². The van der Waals surface area contributed by atoms with Gasteiger partial charge in [-0.2, -0.15) is 0 Å². The normalized spacial score (nSPS) is 36.5. The van der Waals surface area contributed by atoms with E-state index in [1.165, 1.54) is 37.1 Å². The fraction of sp³-hybridized carbons (Fsp3) is 0.647. The summed E-state index contributed by atoms with van der Waals surface area (Å²) < 4.78 is 6.49. The van der Waals surface area contributed by atoms with E-state index in [1.807, 2.05) is 0 Å². The van der Waals surface area contributed by atoms with Gasteiger partial charge in [-0.25, -0.2) is 0 Å². The molecule has 2 N–H and O–H groups in total. The molecule has 3 heterocycles. The third-order valence-electron chi connectivity index (χ3n) is 5.44. The van der Waals surface area contributed by atoms with Gasteiger partial charge in [0.15, 0.2) is 0 Å². The van der Waals surface area contributed by atoms with Crippen LogP contribution in [0.4, 0.5) is 0 Å². The lowest BCUT2D eigenvalue weighted by molar-refractivity contribution is -0.0358. The zero-order chi connectivity index (χ0) is 13.7. The van der Waals surface area contributed by atoms with Gasteiger partial charge in [0.1, 0.15) is 11.4 Å². The molecule has 0 bridgehead atoms. The molecule has 3 unspecified atom stereocenters. The van der Waals surface area contributed by atoms with Crippen molar-refractivity contribution in [2.24, 2.45) is 5.73 Å². The molecule has 0 saturated carbocycles. The zero-order valence-electron chi connectivity index (χ0n) is 12.3.